The largest absolute Gasteiger partial charge is 0.405 e. The first-order valence-corrected chi connectivity index (χ1v) is 6.01. The Morgan fingerprint density at radius 3 is 2.42 bits per heavy atom. The van der Waals surface area contributed by atoms with Gasteiger partial charge in [-0.05, 0) is 19.3 Å². The number of aromatic nitrogens is 3. The molecule has 1 aromatic rings. The van der Waals surface area contributed by atoms with Gasteiger partial charge in [-0.1, -0.05) is 0 Å². The van der Waals surface area contributed by atoms with E-state index < -0.39 is 12.7 Å². The fourth-order valence-electron chi connectivity index (χ4n) is 1.87. The van der Waals surface area contributed by atoms with Crippen molar-refractivity contribution in [2.75, 3.05) is 35.6 Å². The first-order valence-electron chi connectivity index (χ1n) is 6.01. The third-order valence-electron chi connectivity index (χ3n) is 2.73. The van der Waals surface area contributed by atoms with E-state index in [1.807, 2.05) is 4.90 Å². The maximum absolute atomic E-state index is 12.1. The number of rotatable bonds is 3. The van der Waals surface area contributed by atoms with Crippen LogP contribution in [0.25, 0.3) is 0 Å². The molecule has 2 rings (SSSR count). The van der Waals surface area contributed by atoms with Crippen LogP contribution in [0, 0.1) is 0 Å². The van der Waals surface area contributed by atoms with Crippen LogP contribution >= 0.6 is 0 Å². The molecule has 0 saturated carbocycles. The van der Waals surface area contributed by atoms with Gasteiger partial charge in [-0.3, -0.25) is 0 Å². The number of anilines is 3. The minimum absolute atomic E-state index is 0.0831. The first-order chi connectivity index (χ1) is 8.94. The van der Waals surface area contributed by atoms with Crippen molar-refractivity contribution >= 4 is 17.8 Å². The predicted molar refractivity (Wildman–Crippen MR) is 64.8 cm³/mol. The maximum atomic E-state index is 12.1. The van der Waals surface area contributed by atoms with Gasteiger partial charge in [-0.25, -0.2) is 0 Å². The molecular formula is C10H15F3N6. The third-order valence-corrected chi connectivity index (χ3v) is 2.73. The minimum atomic E-state index is -4.33. The number of hydrogen-bond donors (Lipinski definition) is 2. The summed E-state index contributed by atoms with van der Waals surface area (Å²) < 4.78 is 36.4. The van der Waals surface area contributed by atoms with E-state index in [2.05, 4.69) is 20.3 Å². The molecule has 0 aliphatic carbocycles. The van der Waals surface area contributed by atoms with E-state index in [0.717, 1.165) is 32.4 Å². The van der Waals surface area contributed by atoms with Gasteiger partial charge in [-0.15, -0.1) is 0 Å². The van der Waals surface area contributed by atoms with Gasteiger partial charge in [0.15, 0.2) is 0 Å². The maximum Gasteiger partial charge on any atom is 0.405 e. The predicted octanol–water partition coefficient (Wildman–Crippen LogP) is 1.42. The van der Waals surface area contributed by atoms with Crippen molar-refractivity contribution in [2.45, 2.75) is 25.4 Å². The lowest BCUT2D eigenvalue weighted by atomic mass is 10.1. The Labute approximate surface area is 108 Å². The highest BCUT2D eigenvalue weighted by molar-refractivity contribution is 5.42. The molecule has 1 aliphatic rings. The highest BCUT2D eigenvalue weighted by Gasteiger charge is 2.27. The molecule has 1 fully saturated rings. The second-order valence-electron chi connectivity index (χ2n) is 4.33. The molecule has 1 saturated heterocycles. The van der Waals surface area contributed by atoms with Crippen LogP contribution in [0.4, 0.5) is 31.0 Å². The standard InChI is InChI=1S/C10H15F3N6/c11-10(12,13)6-15-8-16-7(14)17-9(18-8)19-4-2-1-3-5-19/h1-6H2,(H3,14,15,16,17,18). The van der Waals surface area contributed by atoms with Crippen LogP contribution in [0.3, 0.4) is 0 Å². The SMILES string of the molecule is Nc1nc(NCC(F)(F)F)nc(N2CCCCC2)n1. The van der Waals surface area contributed by atoms with Gasteiger partial charge < -0.3 is 16.0 Å². The summed E-state index contributed by atoms with van der Waals surface area (Å²) in [4.78, 5) is 13.5. The summed E-state index contributed by atoms with van der Waals surface area (Å²) in [6.45, 7) is 0.361. The molecule has 0 spiro atoms. The normalized spacial score (nSPS) is 16.5. The quantitative estimate of drug-likeness (QED) is 0.869. The highest BCUT2D eigenvalue weighted by atomic mass is 19.4. The molecule has 0 aromatic carbocycles. The summed E-state index contributed by atoms with van der Waals surface area (Å²) >= 11 is 0. The molecule has 0 bridgehead atoms. The summed E-state index contributed by atoms with van der Waals surface area (Å²) in [6.07, 6.45) is -1.17. The number of nitrogens with zero attached hydrogens (tertiary/aromatic N) is 4. The number of halogens is 3. The van der Waals surface area contributed by atoms with E-state index in [9.17, 15) is 13.2 Å². The Morgan fingerprint density at radius 2 is 1.79 bits per heavy atom. The van der Waals surface area contributed by atoms with Gasteiger partial charge in [0.05, 0.1) is 0 Å². The lowest BCUT2D eigenvalue weighted by Crippen LogP contribution is -2.32. The molecule has 6 nitrogen and oxygen atoms in total. The number of alkyl halides is 3. The van der Waals surface area contributed by atoms with Gasteiger partial charge in [0.1, 0.15) is 6.54 Å². The highest BCUT2D eigenvalue weighted by Crippen LogP contribution is 2.19. The minimum Gasteiger partial charge on any atom is -0.368 e. The van der Waals surface area contributed by atoms with Crippen LogP contribution in [0.2, 0.25) is 0 Å². The number of hydrogen-bond acceptors (Lipinski definition) is 6. The summed E-state index contributed by atoms with van der Waals surface area (Å²) in [7, 11) is 0. The molecule has 9 heteroatoms. The van der Waals surface area contributed by atoms with Crippen molar-refractivity contribution in [2.24, 2.45) is 0 Å². The van der Waals surface area contributed by atoms with E-state index >= 15 is 0 Å². The van der Waals surface area contributed by atoms with E-state index in [4.69, 9.17) is 5.73 Å². The smallest absolute Gasteiger partial charge is 0.368 e. The van der Waals surface area contributed by atoms with Crippen LogP contribution in [0.15, 0.2) is 0 Å². The Bertz CT molecular complexity index is 430. The van der Waals surface area contributed by atoms with Crippen molar-refractivity contribution in [3.63, 3.8) is 0 Å². The second-order valence-corrected chi connectivity index (χ2v) is 4.33. The first kappa shape index (κ1) is 13.6. The molecule has 19 heavy (non-hydrogen) atoms. The van der Waals surface area contributed by atoms with E-state index in [1.54, 1.807) is 0 Å². The van der Waals surface area contributed by atoms with E-state index in [-0.39, 0.29) is 11.9 Å². The van der Waals surface area contributed by atoms with Gasteiger partial charge in [-0.2, -0.15) is 28.1 Å². The average molecular weight is 276 g/mol. The Morgan fingerprint density at radius 1 is 1.11 bits per heavy atom. The van der Waals surface area contributed by atoms with Crippen LogP contribution < -0.4 is 16.0 Å². The molecule has 0 radical (unpaired) electrons. The molecule has 2 heterocycles. The number of nitrogens with one attached hydrogen (secondary N) is 1. The zero-order valence-electron chi connectivity index (χ0n) is 10.2. The van der Waals surface area contributed by atoms with Crippen molar-refractivity contribution < 1.29 is 13.2 Å². The Kier molecular flexibility index (Phi) is 3.91. The second kappa shape index (κ2) is 5.45. The molecule has 106 valence electrons. The van der Waals surface area contributed by atoms with Crippen LogP contribution in [0.1, 0.15) is 19.3 Å². The van der Waals surface area contributed by atoms with Gasteiger partial charge in [0.2, 0.25) is 17.8 Å². The van der Waals surface area contributed by atoms with Crippen molar-refractivity contribution in [1.82, 2.24) is 15.0 Å². The van der Waals surface area contributed by atoms with E-state index in [1.165, 1.54) is 0 Å². The van der Waals surface area contributed by atoms with Crippen molar-refractivity contribution in [3.05, 3.63) is 0 Å². The Hall–Kier alpha value is -1.80. The molecule has 3 N–H and O–H groups in total. The van der Waals surface area contributed by atoms with Crippen LogP contribution in [0.5, 0.6) is 0 Å². The fraction of sp³-hybridized carbons (Fsp3) is 0.700. The molecule has 0 amide bonds. The fourth-order valence-corrected chi connectivity index (χ4v) is 1.87. The molecule has 1 aromatic heterocycles. The number of piperidine rings is 1. The summed E-state index contributed by atoms with van der Waals surface area (Å²) in [6, 6.07) is 0. The zero-order chi connectivity index (χ0) is 13.9. The lowest BCUT2D eigenvalue weighted by molar-refractivity contribution is -0.115. The third kappa shape index (κ3) is 4.11. The topological polar surface area (TPSA) is 80.0 Å². The zero-order valence-corrected chi connectivity index (χ0v) is 10.2. The van der Waals surface area contributed by atoms with Crippen LogP contribution in [-0.4, -0.2) is 40.8 Å². The molecule has 0 atom stereocenters. The monoisotopic (exact) mass is 276 g/mol. The van der Waals surface area contributed by atoms with Crippen molar-refractivity contribution in [1.29, 1.82) is 0 Å². The average Bonchev–Trinajstić information content (AvgIpc) is 2.36. The summed E-state index contributed by atoms with van der Waals surface area (Å²) in [5.41, 5.74) is 5.50. The van der Waals surface area contributed by atoms with Gasteiger partial charge >= 0.3 is 6.18 Å². The van der Waals surface area contributed by atoms with Gasteiger partial charge in [0, 0.05) is 13.1 Å². The van der Waals surface area contributed by atoms with E-state index in [0.29, 0.717) is 5.95 Å². The number of nitrogen functional groups attached to an aromatic ring is 1. The summed E-state index contributed by atoms with van der Waals surface area (Å²) in [5, 5.41) is 2.11. The molecular weight excluding hydrogens is 261 g/mol. The van der Waals surface area contributed by atoms with Gasteiger partial charge in [0.25, 0.3) is 0 Å². The van der Waals surface area contributed by atoms with Crippen molar-refractivity contribution in [3.8, 4) is 0 Å². The molecule has 1 aliphatic heterocycles. The number of nitrogens with two attached hydrogens (primary N) is 1. The molecule has 0 unspecified atom stereocenters. The summed E-state index contributed by atoms with van der Waals surface area (Å²) in [5.74, 6) is 0.0996. The lowest BCUT2D eigenvalue weighted by Gasteiger charge is -2.26. The Balaban J connectivity index is 2.10. The van der Waals surface area contributed by atoms with Crippen LogP contribution in [-0.2, 0) is 0 Å².